The molecule has 0 radical (unpaired) electrons. The van der Waals surface area contributed by atoms with Crippen LogP contribution in [0.1, 0.15) is 17.0 Å². The summed E-state index contributed by atoms with van der Waals surface area (Å²) in [6.07, 6.45) is 0. The fourth-order valence-corrected chi connectivity index (χ4v) is 1.27. The van der Waals surface area contributed by atoms with Gasteiger partial charge in [-0.1, -0.05) is 0 Å². The summed E-state index contributed by atoms with van der Waals surface area (Å²) in [5.41, 5.74) is 3.77. The molecule has 0 aliphatic carbocycles. The van der Waals surface area contributed by atoms with Crippen LogP contribution >= 0.6 is 15.9 Å². The van der Waals surface area contributed by atoms with Crippen molar-refractivity contribution in [2.24, 2.45) is 0 Å². The van der Waals surface area contributed by atoms with Gasteiger partial charge in [0.15, 0.2) is 0 Å². The van der Waals surface area contributed by atoms with Gasteiger partial charge in [0.1, 0.15) is 0 Å². The second kappa shape index (κ2) is 2.18. The molecule has 0 aliphatic rings. The Hall–Kier alpha value is -0.240. The lowest BCUT2D eigenvalue weighted by atomic mass is 10.3. The van der Waals surface area contributed by atoms with Crippen LogP contribution < -0.4 is 0 Å². The first-order chi connectivity index (χ1) is 4.13. The first-order valence-corrected chi connectivity index (χ1v) is 3.73. The number of aromatic amines is 1. The molecule has 1 heterocycles. The number of hydrogen-bond donors (Lipinski definition) is 1. The minimum absolute atomic E-state index is 1.21. The standard InChI is InChI=1S/C7H10BrN/c1-4-5(2)9-6(3)7(4)8/h9H,1-3H3. The highest BCUT2D eigenvalue weighted by Crippen LogP contribution is 2.22. The molecule has 1 aromatic rings. The van der Waals surface area contributed by atoms with E-state index < -0.39 is 0 Å². The Morgan fingerprint density at radius 1 is 1.11 bits per heavy atom. The summed E-state index contributed by atoms with van der Waals surface area (Å²) in [5.74, 6) is 0. The van der Waals surface area contributed by atoms with Crippen molar-refractivity contribution in [3.05, 3.63) is 21.4 Å². The normalized spacial score (nSPS) is 10.2. The van der Waals surface area contributed by atoms with Gasteiger partial charge in [0.2, 0.25) is 0 Å². The lowest BCUT2D eigenvalue weighted by Crippen LogP contribution is -1.71. The van der Waals surface area contributed by atoms with Crippen LogP contribution in [0.5, 0.6) is 0 Å². The maximum atomic E-state index is 3.47. The van der Waals surface area contributed by atoms with Crippen molar-refractivity contribution in [2.45, 2.75) is 20.8 Å². The van der Waals surface area contributed by atoms with E-state index >= 15 is 0 Å². The fourth-order valence-electron chi connectivity index (χ4n) is 0.876. The van der Waals surface area contributed by atoms with Crippen molar-refractivity contribution in [1.29, 1.82) is 0 Å². The third-order valence-corrected chi connectivity index (χ3v) is 2.79. The molecule has 1 aromatic heterocycles. The molecule has 0 amide bonds. The quantitative estimate of drug-likeness (QED) is 0.644. The third kappa shape index (κ3) is 1.04. The molecule has 0 saturated carbocycles. The van der Waals surface area contributed by atoms with Gasteiger partial charge in [-0.15, -0.1) is 0 Å². The van der Waals surface area contributed by atoms with Gasteiger partial charge in [0.05, 0.1) is 0 Å². The minimum Gasteiger partial charge on any atom is -0.362 e. The first-order valence-electron chi connectivity index (χ1n) is 2.94. The van der Waals surface area contributed by atoms with Crippen LogP contribution in [0.15, 0.2) is 4.47 Å². The SMILES string of the molecule is Cc1[nH]c(C)c(Br)c1C. The van der Waals surface area contributed by atoms with E-state index in [0.717, 1.165) is 0 Å². The van der Waals surface area contributed by atoms with Crippen LogP contribution in [-0.4, -0.2) is 4.98 Å². The monoisotopic (exact) mass is 187 g/mol. The minimum atomic E-state index is 1.21. The number of halogens is 1. The van der Waals surface area contributed by atoms with E-state index in [1.54, 1.807) is 0 Å². The highest BCUT2D eigenvalue weighted by molar-refractivity contribution is 9.10. The van der Waals surface area contributed by atoms with Crippen LogP contribution in [-0.2, 0) is 0 Å². The predicted octanol–water partition coefficient (Wildman–Crippen LogP) is 2.70. The highest BCUT2D eigenvalue weighted by atomic mass is 79.9. The van der Waals surface area contributed by atoms with Crippen LogP contribution in [0.2, 0.25) is 0 Å². The van der Waals surface area contributed by atoms with Gasteiger partial charge < -0.3 is 4.98 Å². The maximum absolute atomic E-state index is 3.47. The van der Waals surface area contributed by atoms with Gasteiger partial charge in [-0.05, 0) is 42.3 Å². The molecule has 0 saturated heterocycles. The van der Waals surface area contributed by atoms with Crippen molar-refractivity contribution in [3.63, 3.8) is 0 Å². The van der Waals surface area contributed by atoms with Gasteiger partial charge in [-0.2, -0.15) is 0 Å². The maximum Gasteiger partial charge on any atom is 0.0411 e. The van der Waals surface area contributed by atoms with Crippen LogP contribution in [0.3, 0.4) is 0 Å². The first kappa shape index (κ1) is 6.87. The lowest BCUT2D eigenvalue weighted by molar-refractivity contribution is 1.17. The van der Waals surface area contributed by atoms with E-state index in [1.165, 1.54) is 21.4 Å². The van der Waals surface area contributed by atoms with Crippen LogP contribution in [0.4, 0.5) is 0 Å². The fraction of sp³-hybridized carbons (Fsp3) is 0.429. The van der Waals surface area contributed by atoms with Gasteiger partial charge in [0, 0.05) is 15.9 Å². The van der Waals surface area contributed by atoms with Crippen molar-refractivity contribution in [2.75, 3.05) is 0 Å². The molecule has 9 heavy (non-hydrogen) atoms. The molecular weight excluding hydrogens is 178 g/mol. The Kier molecular flexibility index (Phi) is 1.66. The van der Waals surface area contributed by atoms with E-state index in [1.807, 2.05) is 0 Å². The summed E-state index contributed by atoms with van der Waals surface area (Å²) in [4.78, 5) is 3.23. The second-order valence-corrected chi connectivity index (χ2v) is 3.11. The molecule has 1 N–H and O–H groups in total. The average Bonchev–Trinajstić information content (AvgIpc) is 1.98. The molecule has 0 aliphatic heterocycles. The molecule has 1 nitrogen and oxygen atoms in total. The Morgan fingerprint density at radius 3 is 1.78 bits per heavy atom. The van der Waals surface area contributed by atoms with E-state index in [2.05, 4.69) is 41.7 Å². The van der Waals surface area contributed by atoms with Crippen LogP contribution in [0.25, 0.3) is 0 Å². The Balaban J connectivity index is 3.29. The summed E-state index contributed by atoms with van der Waals surface area (Å²) < 4.78 is 1.21. The number of H-pyrrole nitrogens is 1. The topological polar surface area (TPSA) is 15.8 Å². The zero-order valence-electron chi connectivity index (χ0n) is 5.88. The molecule has 1 rings (SSSR count). The van der Waals surface area contributed by atoms with E-state index in [0.29, 0.717) is 0 Å². The Morgan fingerprint density at radius 2 is 1.67 bits per heavy atom. The molecular formula is C7H10BrN. The second-order valence-electron chi connectivity index (χ2n) is 2.31. The molecule has 50 valence electrons. The lowest BCUT2D eigenvalue weighted by Gasteiger charge is -1.86. The highest BCUT2D eigenvalue weighted by Gasteiger charge is 2.02. The Bertz CT molecular complexity index is 203. The molecule has 0 atom stereocenters. The van der Waals surface area contributed by atoms with Gasteiger partial charge in [0.25, 0.3) is 0 Å². The number of hydrogen-bond acceptors (Lipinski definition) is 0. The summed E-state index contributed by atoms with van der Waals surface area (Å²) in [6, 6.07) is 0. The molecule has 0 spiro atoms. The molecule has 0 aromatic carbocycles. The Labute approximate surface area is 63.6 Å². The van der Waals surface area contributed by atoms with Crippen molar-refractivity contribution in [3.8, 4) is 0 Å². The molecule has 0 bridgehead atoms. The molecule has 0 unspecified atom stereocenters. The largest absolute Gasteiger partial charge is 0.362 e. The third-order valence-electron chi connectivity index (χ3n) is 1.60. The van der Waals surface area contributed by atoms with Gasteiger partial charge in [-0.3, -0.25) is 0 Å². The summed E-state index contributed by atoms with van der Waals surface area (Å²) in [5, 5.41) is 0. The van der Waals surface area contributed by atoms with Gasteiger partial charge >= 0.3 is 0 Å². The van der Waals surface area contributed by atoms with Gasteiger partial charge in [-0.25, -0.2) is 0 Å². The van der Waals surface area contributed by atoms with Crippen LogP contribution in [0, 0.1) is 20.8 Å². The van der Waals surface area contributed by atoms with Crippen molar-refractivity contribution in [1.82, 2.24) is 4.98 Å². The number of nitrogens with one attached hydrogen (secondary N) is 1. The smallest absolute Gasteiger partial charge is 0.0411 e. The molecule has 2 heteroatoms. The van der Waals surface area contributed by atoms with E-state index in [9.17, 15) is 0 Å². The summed E-state index contributed by atoms with van der Waals surface area (Å²) in [7, 11) is 0. The molecule has 0 fully saturated rings. The number of aromatic nitrogens is 1. The predicted molar refractivity (Wildman–Crippen MR) is 42.7 cm³/mol. The average molecular weight is 188 g/mol. The van der Waals surface area contributed by atoms with E-state index in [4.69, 9.17) is 0 Å². The summed E-state index contributed by atoms with van der Waals surface area (Å²) in [6.45, 7) is 6.24. The zero-order valence-corrected chi connectivity index (χ0v) is 7.46. The number of rotatable bonds is 0. The number of aryl methyl sites for hydroxylation is 2. The van der Waals surface area contributed by atoms with Crippen molar-refractivity contribution < 1.29 is 0 Å². The van der Waals surface area contributed by atoms with E-state index in [-0.39, 0.29) is 0 Å². The van der Waals surface area contributed by atoms with Crippen molar-refractivity contribution >= 4 is 15.9 Å². The summed E-state index contributed by atoms with van der Waals surface area (Å²) >= 11 is 3.47. The zero-order chi connectivity index (χ0) is 7.02.